The number of hydrogen-bond donors (Lipinski definition) is 0. The molecule has 1 aliphatic heterocycles. The third-order valence-electron chi connectivity index (χ3n) is 3.28. The average molecular weight is 289 g/mol. The zero-order chi connectivity index (χ0) is 15.5. The van der Waals surface area contributed by atoms with Gasteiger partial charge < -0.3 is 14.4 Å². The molecular formula is C17H23NO3. The molecule has 1 atom stereocenters. The Balaban J connectivity index is 2.25. The van der Waals surface area contributed by atoms with Gasteiger partial charge in [-0.1, -0.05) is 18.2 Å². The average Bonchev–Trinajstić information content (AvgIpc) is 2.80. The van der Waals surface area contributed by atoms with Gasteiger partial charge in [0.1, 0.15) is 5.60 Å². The molecule has 0 spiro atoms. The van der Waals surface area contributed by atoms with E-state index in [2.05, 4.69) is 4.90 Å². The molecule has 1 heterocycles. The number of hydrogen-bond acceptors (Lipinski definition) is 4. The molecule has 1 aromatic carbocycles. The Kier molecular flexibility index (Phi) is 4.68. The van der Waals surface area contributed by atoms with E-state index in [9.17, 15) is 4.79 Å². The van der Waals surface area contributed by atoms with Crippen molar-refractivity contribution in [3.8, 4) is 0 Å². The molecule has 0 amide bonds. The van der Waals surface area contributed by atoms with Crippen molar-refractivity contribution < 1.29 is 14.3 Å². The molecular weight excluding hydrogens is 266 g/mol. The molecule has 2 rings (SSSR count). The van der Waals surface area contributed by atoms with Crippen molar-refractivity contribution in [2.24, 2.45) is 0 Å². The number of methoxy groups -OCH3 is 1. The van der Waals surface area contributed by atoms with Gasteiger partial charge >= 0.3 is 5.97 Å². The van der Waals surface area contributed by atoms with Crippen LogP contribution >= 0.6 is 0 Å². The van der Waals surface area contributed by atoms with Crippen molar-refractivity contribution in [1.82, 2.24) is 0 Å². The Morgan fingerprint density at radius 2 is 1.95 bits per heavy atom. The first-order valence-electron chi connectivity index (χ1n) is 7.20. The fraction of sp³-hybridized carbons (Fsp3) is 0.471. The Bertz CT molecular complexity index is 517. The van der Waals surface area contributed by atoms with Crippen molar-refractivity contribution in [2.75, 3.05) is 18.6 Å². The predicted molar refractivity (Wildman–Crippen MR) is 83.1 cm³/mol. The molecule has 21 heavy (non-hydrogen) atoms. The Morgan fingerprint density at radius 3 is 2.52 bits per heavy atom. The quantitative estimate of drug-likeness (QED) is 0.633. The molecule has 0 N–H and O–H groups in total. The number of esters is 1. The fourth-order valence-corrected chi connectivity index (χ4v) is 2.44. The van der Waals surface area contributed by atoms with Crippen LogP contribution in [0.25, 0.3) is 0 Å². The van der Waals surface area contributed by atoms with Gasteiger partial charge in [0.25, 0.3) is 0 Å². The van der Waals surface area contributed by atoms with Crippen LogP contribution < -0.4 is 4.90 Å². The summed E-state index contributed by atoms with van der Waals surface area (Å²) in [6.07, 6.45) is 2.34. The van der Waals surface area contributed by atoms with E-state index in [4.69, 9.17) is 9.47 Å². The summed E-state index contributed by atoms with van der Waals surface area (Å²) in [7, 11) is 1.67. The largest absolute Gasteiger partial charge is 0.457 e. The van der Waals surface area contributed by atoms with Crippen LogP contribution in [0.15, 0.2) is 42.1 Å². The van der Waals surface area contributed by atoms with Crippen molar-refractivity contribution in [3.63, 3.8) is 0 Å². The highest BCUT2D eigenvalue weighted by molar-refractivity contribution is 5.84. The molecule has 4 heteroatoms. The minimum absolute atomic E-state index is 0.0716. The second-order valence-corrected chi connectivity index (χ2v) is 6.10. The van der Waals surface area contributed by atoms with E-state index in [1.54, 1.807) is 13.2 Å². The van der Waals surface area contributed by atoms with Gasteiger partial charge in [-0.3, -0.25) is 0 Å². The zero-order valence-corrected chi connectivity index (χ0v) is 13.1. The highest BCUT2D eigenvalue weighted by Gasteiger charge is 2.30. The molecule has 0 aromatic heterocycles. The number of carbonyl (C=O) groups excluding carboxylic acids is 1. The summed E-state index contributed by atoms with van der Waals surface area (Å²) in [6, 6.07) is 10.0. The van der Waals surface area contributed by atoms with Crippen LogP contribution in [0.1, 0.15) is 27.2 Å². The van der Waals surface area contributed by atoms with Gasteiger partial charge in [0.05, 0.1) is 11.8 Å². The Hall–Kier alpha value is -1.81. The van der Waals surface area contributed by atoms with E-state index in [1.807, 2.05) is 51.1 Å². The minimum atomic E-state index is -0.493. The van der Waals surface area contributed by atoms with Gasteiger partial charge in [0.15, 0.2) is 0 Å². The molecule has 1 aliphatic rings. The van der Waals surface area contributed by atoms with Gasteiger partial charge in [-0.15, -0.1) is 0 Å². The van der Waals surface area contributed by atoms with E-state index >= 15 is 0 Å². The van der Waals surface area contributed by atoms with E-state index in [0.29, 0.717) is 0 Å². The topological polar surface area (TPSA) is 38.8 Å². The molecule has 1 saturated heterocycles. The van der Waals surface area contributed by atoms with Gasteiger partial charge in [-0.05, 0) is 39.3 Å². The van der Waals surface area contributed by atoms with Gasteiger partial charge in [-0.2, -0.15) is 0 Å². The highest BCUT2D eigenvalue weighted by Crippen LogP contribution is 2.30. The van der Waals surface area contributed by atoms with Crippen LogP contribution in [-0.4, -0.2) is 31.3 Å². The van der Waals surface area contributed by atoms with E-state index in [0.717, 1.165) is 24.4 Å². The standard InChI is InChI=1S/C17H23NO3/c1-17(2,3)21-16(19)12-14-15(20-4)10-11-18(14)13-8-6-5-7-9-13/h5-9,12,15H,10-11H2,1-4H3/b14-12+. The van der Waals surface area contributed by atoms with Crippen molar-refractivity contribution in [3.05, 3.63) is 42.1 Å². The van der Waals surface area contributed by atoms with E-state index in [1.165, 1.54) is 0 Å². The van der Waals surface area contributed by atoms with Crippen LogP contribution in [0, 0.1) is 0 Å². The Morgan fingerprint density at radius 1 is 1.29 bits per heavy atom. The number of anilines is 1. The first kappa shape index (κ1) is 15.6. The van der Waals surface area contributed by atoms with E-state index in [-0.39, 0.29) is 12.1 Å². The Labute approximate surface area is 126 Å². The van der Waals surface area contributed by atoms with Crippen LogP contribution in [-0.2, 0) is 14.3 Å². The lowest BCUT2D eigenvalue weighted by Gasteiger charge is -2.23. The molecule has 0 saturated carbocycles. The van der Waals surface area contributed by atoms with Gasteiger partial charge in [-0.25, -0.2) is 4.79 Å². The third kappa shape index (κ3) is 4.08. The van der Waals surface area contributed by atoms with Crippen LogP contribution in [0.3, 0.4) is 0 Å². The maximum absolute atomic E-state index is 12.1. The van der Waals surface area contributed by atoms with Crippen LogP contribution in [0.5, 0.6) is 0 Å². The predicted octanol–water partition coefficient (Wildman–Crippen LogP) is 3.14. The second-order valence-electron chi connectivity index (χ2n) is 6.10. The number of ether oxygens (including phenoxy) is 2. The summed E-state index contributed by atoms with van der Waals surface area (Å²) < 4.78 is 10.9. The molecule has 0 radical (unpaired) electrons. The first-order chi connectivity index (χ1) is 9.90. The molecule has 4 nitrogen and oxygen atoms in total. The SMILES string of the molecule is COC1CCN(c2ccccc2)/C1=C/C(=O)OC(C)(C)C. The van der Waals surface area contributed by atoms with Crippen LogP contribution in [0.4, 0.5) is 5.69 Å². The summed E-state index contributed by atoms with van der Waals surface area (Å²) in [5.41, 5.74) is 1.43. The number of rotatable bonds is 3. The zero-order valence-electron chi connectivity index (χ0n) is 13.1. The maximum atomic E-state index is 12.1. The second kappa shape index (κ2) is 6.31. The summed E-state index contributed by atoms with van der Waals surface area (Å²) in [5, 5.41) is 0. The van der Waals surface area contributed by atoms with Crippen molar-refractivity contribution in [1.29, 1.82) is 0 Å². The third-order valence-corrected chi connectivity index (χ3v) is 3.28. The van der Waals surface area contributed by atoms with Gasteiger partial charge in [0, 0.05) is 25.4 Å². The summed E-state index contributed by atoms with van der Waals surface area (Å²) >= 11 is 0. The molecule has 1 aromatic rings. The minimum Gasteiger partial charge on any atom is -0.457 e. The van der Waals surface area contributed by atoms with Crippen molar-refractivity contribution >= 4 is 11.7 Å². The summed E-state index contributed by atoms with van der Waals surface area (Å²) in [4.78, 5) is 14.2. The first-order valence-corrected chi connectivity index (χ1v) is 7.20. The monoisotopic (exact) mass is 289 g/mol. The number of carbonyl (C=O) groups is 1. The van der Waals surface area contributed by atoms with E-state index < -0.39 is 5.60 Å². The number of benzene rings is 1. The smallest absolute Gasteiger partial charge is 0.333 e. The number of para-hydroxylation sites is 1. The summed E-state index contributed by atoms with van der Waals surface area (Å²) in [5.74, 6) is -0.331. The number of nitrogens with zero attached hydrogens (tertiary/aromatic N) is 1. The maximum Gasteiger partial charge on any atom is 0.333 e. The lowest BCUT2D eigenvalue weighted by molar-refractivity contribution is -0.148. The van der Waals surface area contributed by atoms with Crippen molar-refractivity contribution in [2.45, 2.75) is 38.9 Å². The highest BCUT2D eigenvalue weighted by atomic mass is 16.6. The van der Waals surface area contributed by atoms with Gasteiger partial charge in [0.2, 0.25) is 0 Å². The lowest BCUT2D eigenvalue weighted by Crippen LogP contribution is -2.26. The van der Waals surface area contributed by atoms with Crippen LogP contribution in [0.2, 0.25) is 0 Å². The fourth-order valence-electron chi connectivity index (χ4n) is 2.44. The molecule has 1 unspecified atom stereocenters. The molecule has 0 bridgehead atoms. The molecule has 114 valence electrons. The summed E-state index contributed by atoms with van der Waals surface area (Å²) in [6.45, 7) is 6.42. The molecule has 1 fully saturated rings. The normalized spacial score (nSPS) is 20.9. The molecule has 0 aliphatic carbocycles. The lowest BCUT2D eigenvalue weighted by atomic mass is 10.2.